The van der Waals surface area contributed by atoms with Crippen LogP contribution in [0.4, 0.5) is 4.79 Å². The average molecular weight is 371 g/mol. The normalized spacial score (nSPS) is 15.7. The molecule has 0 radical (unpaired) electrons. The van der Waals surface area contributed by atoms with E-state index in [0.717, 1.165) is 22.2 Å². The molecular weight excluding hydrogens is 354 g/mol. The zero-order valence-corrected chi connectivity index (χ0v) is 14.7. The Morgan fingerprint density at radius 1 is 1.19 bits per heavy atom. The van der Waals surface area contributed by atoms with E-state index in [4.69, 9.17) is 0 Å². The third-order valence-electron chi connectivity index (χ3n) is 3.67. The summed E-state index contributed by atoms with van der Waals surface area (Å²) in [6, 6.07) is 9.34. The smallest absolute Gasteiger partial charge is 0.293 e. The molecule has 134 valence electrons. The van der Waals surface area contributed by atoms with Crippen molar-refractivity contribution in [1.82, 2.24) is 25.2 Å². The van der Waals surface area contributed by atoms with Gasteiger partial charge in [0.2, 0.25) is 5.91 Å². The largest absolute Gasteiger partial charge is 0.354 e. The maximum Gasteiger partial charge on any atom is 0.293 e. The quantitative estimate of drug-likeness (QED) is 0.741. The monoisotopic (exact) mass is 371 g/mol. The van der Waals surface area contributed by atoms with Crippen LogP contribution in [0.15, 0.2) is 47.6 Å². The SMILES string of the molecule is O=C(CCn1ccnn1)NCCN1C(=O)SC(=Cc2ccccc2)C1=O. The van der Waals surface area contributed by atoms with Crippen molar-refractivity contribution in [3.8, 4) is 0 Å². The minimum Gasteiger partial charge on any atom is -0.354 e. The molecule has 3 amide bonds. The lowest BCUT2D eigenvalue weighted by Gasteiger charge is -2.13. The van der Waals surface area contributed by atoms with Crippen LogP contribution >= 0.6 is 11.8 Å². The van der Waals surface area contributed by atoms with Crippen LogP contribution in [0.5, 0.6) is 0 Å². The predicted octanol–water partition coefficient (Wildman–Crippen LogP) is 1.52. The summed E-state index contributed by atoms with van der Waals surface area (Å²) in [7, 11) is 0. The molecule has 9 heteroatoms. The van der Waals surface area contributed by atoms with Gasteiger partial charge in [0, 0.05) is 25.7 Å². The third-order valence-corrected chi connectivity index (χ3v) is 4.58. The van der Waals surface area contributed by atoms with Gasteiger partial charge < -0.3 is 5.32 Å². The number of amides is 3. The van der Waals surface area contributed by atoms with Crippen LogP contribution in [0.25, 0.3) is 6.08 Å². The Hall–Kier alpha value is -2.94. The van der Waals surface area contributed by atoms with Gasteiger partial charge in [0.15, 0.2) is 0 Å². The lowest BCUT2D eigenvalue weighted by molar-refractivity contribution is -0.124. The van der Waals surface area contributed by atoms with E-state index in [1.54, 1.807) is 23.2 Å². The fourth-order valence-corrected chi connectivity index (χ4v) is 3.22. The Morgan fingerprint density at radius 3 is 2.73 bits per heavy atom. The molecule has 26 heavy (non-hydrogen) atoms. The second-order valence-corrected chi connectivity index (χ2v) is 6.50. The molecule has 0 unspecified atom stereocenters. The summed E-state index contributed by atoms with van der Waals surface area (Å²) in [5.41, 5.74) is 0.861. The molecule has 1 aromatic heterocycles. The van der Waals surface area contributed by atoms with Gasteiger partial charge in [0.1, 0.15) is 0 Å². The van der Waals surface area contributed by atoms with Crippen LogP contribution in [0.3, 0.4) is 0 Å². The third kappa shape index (κ3) is 4.57. The molecule has 2 aromatic rings. The molecule has 0 spiro atoms. The van der Waals surface area contributed by atoms with Crippen molar-refractivity contribution in [2.45, 2.75) is 13.0 Å². The van der Waals surface area contributed by atoms with E-state index < -0.39 is 0 Å². The minimum atomic E-state index is -0.333. The number of carbonyl (C=O) groups is 3. The minimum absolute atomic E-state index is 0.145. The first kappa shape index (κ1) is 17.9. The number of aromatic nitrogens is 3. The second kappa shape index (κ2) is 8.43. The first-order valence-electron chi connectivity index (χ1n) is 8.05. The zero-order valence-electron chi connectivity index (χ0n) is 13.9. The molecule has 1 N–H and O–H groups in total. The van der Waals surface area contributed by atoms with E-state index in [1.165, 1.54) is 0 Å². The Labute approximate surface area is 154 Å². The number of hydrogen-bond donors (Lipinski definition) is 1. The van der Waals surface area contributed by atoms with Crippen molar-refractivity contribution in [3.05, 3.63) is 53.2 Å². The van der Waals surface area contributed by atoms with Crippen LogP contribution in [-0.4, -0.2) is 50.0 Å². The van der Waals surface area contributed by atoms with E-state index in [-0.39, 0.29) is 36.6 Å². The number of nitrogens with one attached hydrogen (secondary N) is 1. The summed E-state index contributed by atoms with van der Waals surface area (Å²) < 4.78 is 1.56. The van der Waals surface area contributed by atoms with Crippen molar-refractivity contribution < 1.29 is 14.4 Å². The van der Waals surface area contributed by atoms with Crippen molar-refractivity contribution in [1.29, 1.82) is 0 Å². The summed E-state index contributed by atoms with van der Waals surface area (Å²) in [5, 5.41) is 9.81. The molecule has 0 aliphatic carbocycles. The Morgan fingerprint density at radius 2 is 2.00 bits per heavy atom. The van der Waals surface area contributed by atoms with E-state index in [9.17, 15) is 14.4 Å². The number of aryl methyl sites for hydroxylation is 1. The highest BCUT2D eigenvalue weighted by molar-refractivity contribution is 8.18. The number of rotatable bonds is 7. The Balaban J connectivity index is 1.47. The van der Waals surface area contributed by atoms with Gasteiger partial charge >= 0.3 is 0 Å². The molecule has 8 nitrogen and oxygen atoms in total. The molecule has 1 aromatic carbocycles. The number of benzene rings is 1. The molecule has 2 heterocycles. The lowest BCUT2D eigenvalue weighted by Crippen LogP contribution is -2.37. The van der Waals surface area contributed by atoms with Gasteiger partial charge in [0.25, 0.3) is 11.1 Å². The maximum atomic E-state index is 12.4. The molecule has 0 saturated carbocycles. The first-order chi connectivity index (χ1) is 12.6. The maximum absolute atomic E-state index is 12.4. The van der Waals surface area contributed by atoms with Gasteiger partial charge in [-0.2, -0.15) is 0 Å². The number of hydrogen-bond acceptors (Lipinski definition) is 6. The molecule has 1 aliphatic rings. The molecule has 1 aliphatic heterocycles. The topological polar surface area (TPSA) is 97.2 Å². The number of imide groups is 1. The summed E-state index contributed by atoms with van der Waals surface area (Å²) in [6.07, 6.45) is 5.16. The fourth-order valence-electron chi connectivity index (χ4n) is 2.36. The average Bonchev–Trinajstić information content (AvgIpc) is 3.25. The van der Waals surface area contributed by atoms with Crippen LogP contribution in [0, 0.1) is 0 Å². The predicted molar refractivity (Wildman–Crippen MR) is 96.8 cm³/mol. The molecule has 1 fully saturated rings. The highest BCUT2D eigenvalue weighted by Crippen LogP contribution is 2.31. The van der Waals surface area contributed by atoms with Crippen LogP contribution < -0.4 is 5.32 Å². The molecule has 3 rings (SSSR count). The second-order valence-electron chi connectivity index (χ2n) is 5.51. The molecule has 1 saturated heterocycles. The lowest BCUT2D eigenvalue weighted by atomic mass is 10.2. The summed E-state index contributed by atoms with van der Waals surface area (Å²) in [5.74, 6) is -0.506. The first-order valence-corrected chi connectivity index (χ1v) is 8.86. The van der Waals surface area contributed by atoms with Gasteiger partial charge in [0.05, 0.1) is 17.6 Å². The van der Waals surface area contributed by atoms with Crippen LogP contribution in [0.1, 0.15) is 12.0 Å². The van der Waals surface area contributed by atoms with Gasteiger partial charge in [-0.25, -0.2) is 0 Å². The highest BCUT2D eigenvalue weighted by Gasteiger charge is 2.34. The number of carbonyl (C=O) groups excluding carboxylic acids is 3. The summed E-state index contributed by atoms with van der Waals surface area (Å²) in [6.45, 7) is 0.784. The fraction of sp³-hybridized carbons (Fsp3) is 0.235. The number of thioether (sulfide) groups is 1. The summed E-state index contributed by atoms with van der Waals surface area (Å²) >= 11 is 0.911. The van der Waals surface area contributed by atoms with Gasteiger partial charge in [-0.1, -0.05) is 35.5 Å². The van der Waals surface area contributed by atoms with Crippen molar-refractivity contribution >= 4 is 34.9 Å². The Kier molecular flexibility index (Phi) is 5.80. The standard InChI is InChI=1S/C17H17N5O3S/c23-15(6-9-21-10-8-19-20-21)18-7-11-22-16(24)14(26-17(22)25)12-13-4-2-1-3-5-13/h1-5,8,10,12H,6-7,9,11H2,(H,18,23). The highest BCUT2D eigenvalue weighted by atomic mass is 32.2. The van der Waals surface area contributed by atoms with Gasteiger partial charge in [-0.15, -0.1) is 5.10 Å². The van der Waals surface area contributed by atoms with Crippen LogP contribution in [-0.2, 0) is 16.1 Å². The van der Waals surface area contributed by atoms with Gasteiger partial charge in [-0.3, -0.25) is 24.0 Å². The van der Waals surface area contributed by atoms with E-state index in [2.05, 4.69) is 15.6 Å². The zero-order chi connectivity index (χ0) is 18.4. The van der Waals surface area contributed by atoms with Crippen LogP contribution in [0.2, 0.25) is 0 Å². The van der Waals surface area contributed by atoms with Crippen molar-refractivity contribution in [2.75, 3.05) is 13.1 Å². The number of nitrogens with zero attached hydrogens (tertiary/aromatic N) is 4. The molecule has 0 atom stereocenters. The molecule has 0 bridgehead atoms. The molecular formula is C17H17N5O3S. The van der Waals surface area contributed by atoms with E-state index in [0.29, 0.717) is 11.4 Å². The van der Waals surface area contributed by atoms with Crippen molar-refractivity contribution in [2.24, 2.45) is 0 Å². The Bertz CT molecular complexity index is 820. The van der Waals surface area contributed by atoms with Crippen molar-refractivity contribution in [3.63, 3.8) is 0 Å². The van der Waals surface area contributed by atoms with E-state index in [1.807, 2.05) is 30.3 Å². The van der Waals surface area contributed by atoms with Gasteiger partial charge in [-0.05, 0) is 23.4 Å². The van der Waals surface area contributed by atoms with E-state index >= 15 is 0 Å². The summed E-state index contributed by atoms with van der Waals surface area (Å²) in [4.78, 5) is 37.7.